The molecule has 5 N–H and O–H groups in total. The van der Waals surface area contributed by atoms with Crippen LogP contribution in [0.3, 0.4) is 0 Å². The number of phenolic OH excluding ortho intramolecular Hbond substituents is 2. The Labute approximate surface area is 226 Å². The van der Waals surface area contributed by atoms with Gasteiger partial charge in [0.2, 0.25) is 0 Å². The summed E-state index contributed by atoms with van der Waals surface area (Å²) < 4.78 is 0. The highest BCUT2D eigenvalue weighted by Crippen LogP contribution is 2.75. The van der Waals surface area contributed by atoms with E-state index in [4.69, 9.17) is 5.73 Å². The van der Waals surface area contributed by atoms with Gasteiger partial charge in [0.05, 0.1) is 5.41 Å². The van der Waals surface area contributed by atoms with Gasteiger partial charge < -0.3 is 21.1 Å². The van der Waals surface area contributed by atoms with Gasteiger partial charge in [-0.1, -0.05) is 39.3 Å². The van der Waals surface area contributed by atoms with Crippen molar-refractivity contribution in [3.05, 3.63) is 34.4 Å². The van der Waals surface area contributed by atoms with E-state index in [0.29, 0.717) is 12.5 Å². The molecule has 5 nitrogen and oxygen atoms in total. The second kappa shape index (κ2) is 8.42. The number of thioether (sulfide) groups is 1. The van der Waals surface area contributed by atoms with Crippen molar-refractivity contribution in [1.29, 1.82) is 0 Å². The summed E-state index contributed by atoms with van der Waals surface area (Å²) >= 11 is 1.81. The molecule has 1 aromatic carbocycles. The number of aromatic hydroxyl groups is 2. The number of allylic oxidation sites excluding steroid dienone is 1. The zero-order valence-electron chi connectivity index (χ0n) is 23.4. The number of carbonyl (C=O) groups is 1. The van der Waals surface area contributed by atoms with E-state index >= 15 is 0 Å². The second-order valence-corrected chi connectivity index (χ2v) is 15.1. The maximum atomic E-state index is 12.4. The van der Waals surface area contributed by atoms with Crippen molar-refractivity contribution in [1.82, 2.24) is 0 Å². The molecule has 0 heterocycles. The van der Waals surface area contributed by atoms with Gasteiger partial charge in [0.25, 0.3) is 0 Å². The van der Waals surface area contributed by atoms with Crippen LogP contribution in [0.5, 0.6) is 11.5 Å². The molecule has 0 aliphatic heterocycles. The molecule has 7 atom stereocenters. The van der Waals surface area contributed by atoms with Crippen molar-refractivity contribution in [2.45, 2.75) is 97.2 Å². The van der Waals surface area contributed by atoms with Crippen molar-refractivity contribution >= 4 is 17.7 Å². The lowest BCUT2D eigenvalue weighted by Crippen LogP contribution is -2.62. The molecule has 0 amide bonds. The van der Waals surface area contributed by atoms with E-state index in [9.17, 15) is 20.1 Å². The largest absolute Gasteiger partial charge is 0.504 e. The maximum Gasteiger partial charge on any atom is 0.309 e. The van der Waals surface area contributed by atoms with Crippen LogP contribution in [0.1, 0.15) is 102 Å². The van der Waals surface area contributed by atoms with Crippen LogP contribution >= 0.6 is 11.8 Å². The Balaban J connectivity index is 1.68. The van der Waals surface area contributed by atoms with Crippen LogP contribution in [-0.4, -0.2) is 33.6 Å². The molecule has 1 aromatic rings. The number of aliphatic carboxylic acids is 1. The predicted molar refractivity (Wildman–Crippen MR) is 150 cm³/mol. The number of nitrogens with two attached hydrogens (primary N) is 1. The fourth-order valence-corrected chi connectivity index (χ4v) is 10.3. The SMILES string of the molecule is Cc1c(O)c(O)cc2c1C(SCCN)C=C1C2(C)CCC2(C)C3CC(C)(C(=O)O)CCC3(C)CCC12C. The van der Waals surface area contributed by atoms with Gasteiger partial charge >= 0.3 is 5.97 Å². The lowest BCUT2D eigenvalue weighted by atomic mass is 9.34. The van der Waals surface area contributed by atoms with Gasteiger partial charge in [-0.15, -0.1) is 11.8 Å². The molecule has 0 aromatic heterocycles. The number of carboxylic acids is 1. The van der Waals surface area contributed by atoms with E-state index in [2.05, 4.69) is 33.8 Å². The van der Waals surface area contributed by atoms with Crippen LogP contribution in [0.4, 0.5) is 0 Å². The number of carboxylic acid groups (broad SMARTS) is 1. The van der Waals surface area contributed by atoms with Gasteiger partial charge in [-0.25, -0.2) is 0 Å². The second-order valence-electron chi connectivity index (χ2n) is 13.8. The Morgan fingerprint density at radius 2 is 1.73 bits per heavy atom. The van der Waals surface area contributed by atoms with Crippen molar-refractivity contribution in [2.24, 2.45) is 33.3 Å². The summed E-state index contributed by atoms with van der Waals surface area (Å²) in [7, 11) is 0. The van der Waals surface area contributed by atoms with E-state index in [1.54, 1.807) is 0 Å². The Morgan fingerprint density at radius 3 is 2.38 bits per heavy atom. The van der Waals surface area contributed by atoms with Gasteiger partial charge in [-0.2, -0.15) is 0 Å². The summed E-state index contributed by atoms with van der Waals surface area (Å²) in [6.45, 7) is 14.1. The first-order valence-corrected chi connectivity index (χ1v) is 15.1. The van der Waals surface area contributed by atoms with Crippen LogP contribution in [-0.2, 0) is 10.2 Å². The topological polar surface area (TPSA) is 104 Å². The maximum absolute atomic E-state index is 12.4. The number of hydrogen-bond acceptors (Lipinski definition) is 5. The molecule has 6 heteroatoms. The molecule has 0 radical (unpaired) electrons. The third kappa shape index (κ3) is 3.50. The summed E-state index contributed by atoms with van der Waals surface area (Å²) in [5, 5.41) is 31.6. The average molecular weight is 528 g/mol. The van der Waals surface area contributed by atoms with E-state index in [1.807, 2.05) is 31.7 Å². The van der Waals surface area contributed by atoms with Gasteiger partial charge in [0.15, 0.2) is 11.5 Å². The monoisotopic (exact) mass is 527 g/mol. The molecule has 3 fully saturated rings. The van der Waals surface area contributed by atoms with Gasteiger partial charge in [0, 0.05) is 23.0 Å². The van der Waals surface area contributed by atoms with Crippen molar-refractivity contribution in [3.8, 4) is 11.5 Å². The highest BCUT2D eigenvalue weighted by Gasteiger charge is 2.67. The number of benzene rings is 1. The number of fused-ring (bicyclic) bond motifs is 7. The molecule has 0 bridgehead atoms. The molecule has 4 aliphatic carbocycles. The fraction of sp³-hybridized carbons (Fsp3) is 0.710. The quantitative estimate of drug-likeness (QED) is 0.253. The lowest BCUT2D eigenvalue weighted by molar-refractivity contribution is -0.177. The van der Waals surface area contributed by atoms with Crippen LogP contribution in [0.2, 0.25) is 0 Å². The molecule has 0 saturated heterocycles. The van der Waals surface area contributed by atoms with Crippen LogP contribution < -0.4 is 5.73 Å². The first kappa shape index (κ1) is 26.9. The number of hydrogen-bond donors (Lipinski definition) is 4. The highest BCUT2D eigenvalue weighted by molar-refractivity contribution is 7.99. The number of rotatable bonds is 4. The number of phenols is 2. The molecule has 0 spiro atoms. The third-order valence-electron chi connectivity index (χ3n) is 12.0. The third-order valence-corrected chi connectivity index (χ3v) is 13.2. The predicted octanol–water partition coefficient (Wildman–Crippen LogP) is 6.83. The summed E-state index contributed by atoms with van der Waals surface area (Å²) in [4.78, 5) is 12.4. The average Bonchev–Trinajstić information content (AvgIpc) is 2.84. The van der Waals surface area contributed by atoms with Crippen molar-refractivity contribution < 1.29 is 20.1 Å². The molecule has 4 aliphatic rings. The van der Waals surface area contributed by atoms with Gasteiger partial charge in [-0.05, 0) is 104 Å². The standard InChI is InChI=1S/C31H45NO4S/c1-18-24-19(15-20(33)25(18)34)29(4)10-12-31(6)23-17-28(3,26(35)36)8-7-27(23,2)9-11-30(31,5)22(29)16-21(24)37-14-13-32/h15-16,21,23,33-34H,7-14,17,32H2,1-6H3,(H,35,36). The van der Waals surface area contributed by atoms with E-state index < -0.39 is 11.4 Å². The summed E-state index contributed by atoms with van der Waals surface area (Å²) in [6, 6.07) is 1.82. The normalized spacial score (nSPS) is 42.6. The molecule has 204 valence electrons. The minimum absolute atomic E-state index is 0.0168. The van der Waals surface area contributed by atoms with Crippen molar-refractivity contribution in [2.75, 3.05) is 12.3 Å². The Kier molecular flexibility index (Phi) is 6.13. The zero-order valence-corrected chi connectivity index (χ0v) is 24.2. The molecular formula is C31H45NO4S. The minimum Gasteiger partial charge on any atom is -0.504 e. The molecule has 37 heavy (non-hydrogen) atoms. The van der Waals surface area contributed by atoms with Gasteiger partial charge in [-0.3, -0.25) is 4.79 Å². The zero-order chi connectivity index (χ0) is 27.2. The summed E-state index contributed by atoms with van der Waals surface area (Å²) in [6.07, 6.45) is 9.13. The lowest BCUT2D eigenvalue weighted by Gasteiger charge is -2.70. The molecule has 5 rings (SSSR count). The first-order valence-electron chi connectivity index (χ1n) is 14.0. The minimum atomic E-state index is -0.667. The Hall–Kier alpha value is -1.66. The highest BCUT2D eigenvalue weighted by atomic mass is 32.2. The first-order chi connectivity index (χ1) is 17.2. The Morgan fingerprint density at radius 1 is 1.05 bits per heavy atom. The summed E-state index contributed by atoms with van der Waals surface area (Å²) in [5.41, 5.74) is 9.57. The van der Waals surface area contributed by atoms with Gasteiger partial charge in [0.1, 0.15) is 0 Å². The Bertz CT molecular complexity index is 1180. The molecule has 7 unspecified atom stereocenters. The van der Waals surface area contributed by atoms with Crippen LogP contribution in [0.15, 0.2) is 17.7 Å². The van der Waals surface area contributed by atoms with E-state index in [0.717, 1.165) is 67.4 Å². The van der Waals surface area contributed by atoms with Crippen LogP contribution in [0.25, 0.3) is 0 Å². The fourth-order valence-electron chi connectivity index (χ4n) is 9.21. The molecule has 3 saturated carbocycles. The summed E-state index contributed by atoms with van der Waals surface area (Å²) in [5.74, 6) is 0.442. The van der Waals surface area contributed by atoms with Crippen molar-refractivity contribution in [3.63, 3.8) is 0 Å². The van der Waals surface area contributed by atoms with Crippen LogP contribution in [0, 0.1) is 34.5 Å². The van der Waals surface area contributed by atoms with E-state index in [1.165, 1.54) is 5.57 Å². The smallest absolute Gasteiger partial charge is 0.309 e. The van der Waals surface area contributed by atoms with E-state index in [-0.39, 0.29) is 38.4 Å². The molecular weight excluding hydrogens is 482 g/mol.